The fraction of sp³-hybridized carbons (Fsp3) is 0.917. The highest BCUT2D eigenvalue weighted by Gasteiger charge is 2.17. The average molecular weight is 257 g/mol. The Labute approximate surface area is 108 Å². The minimum Gasteiger partial charge on any atom is -0.379 e. The molecule has 2 fully saturated rings. The van der Waals surface area contributed by atoms with Gasteiger partial charge in [-0.3, -0.25) is 4.90 Å². The number of nitrogens with zero attached hydrogens (tertiary/aromatic N) is 3. The van der Waals surface area contributed by atoms with E-state index >= 15 is 0 Å². The first-order chi connectivity index (χ1) is 8.40. The van der Waals surface area contributed by atoms with Crippen molar-refractivity contribution in [2.75, 3.05) is 51.8 Å². The number of thioether (sulfide) groups is 1. The van der Waals surface area contributed by atoms with Crippen molar-refractivity contribution in [2.24, 2.45) is 4.99 Å². The van der Waals surface area contributed by atoms with Gasteiger partial charge >= 0.3 is 0 Å². The smallest absolute Gasteiger partial charge is 0.160 e. The van der Waals surface area contributed by atoms with E-state index < -0.39 is 0 Å². The molecule has 2 heterocycles. The Balaban J connectivity index is 1.84. The van der Waals surface area contributed by atoms with Crippen LogP contribution in [-0.4, -0.2) is 66.8 Å². The highest BCUT2D eigenvalue weighted by atomic mass is 32.2. The van der Waals surface area contributed by atoms with Crippen LogP contribution in [0.2, 0.25) is 0 Å². The van der Waals surface area contributed by atoms with Gasteiger partial charge in [-0.05, 0) is 18.6 Å². The summed E-state index contributed by atoms with van der Waals surface area (Å²) in [6.45, 7) is 9.17. The molecule has 0 unspecified atom stereocenters. The van der Waals surface area contributed by atoms with Crippen molar-refractivity contribution in [3.05, 3.63) is 0 Å². The topological polar surface area (TPSA) is 28.1 Å². The van der Waals surface area contributed by atoms with Gasteiger partial charge in [-0.1, -0.05) is 18.7 Å². The Bertz CT molecular complexity index is 248. The molecule has 2 rings (SSSR count). The van der Waals surface area contributed by atoms with Crippen LogP contribution in [0.3, 0.4) is 0 Å². The number of amidine groups is 1. The van der Waals surface area contributed by atoms with E-state index in [1.165, 1.54) is 31.1 Å². The van der Waals surface area contributed by atoms with Gasteiger partial charge in [0.25, 0.3) is 0 Å². The molecule has 0 spiro atoms. The summed E-state index contributed by atoms with van der Waals surface area (Å²) in [5.41, 5.74) is 0. The van der Waals surface area contributed by atoms with Crippen LogP contribution in [0, 0.1) is 0 Å². The lowest BCUT2D eigenvalue weighted by atomic mass is 10.4. The van der Waals surface area contributed by atoms with Crippen LogP contribution in [-0.2, 0) is 4.74 Å². The van der Waals surface area contributed by atoms with Crippen molar-refractivity contribution in [3.63, 3.8) is 0 Å². The molecule has 17 heavy (non-hydrogen) atoms. The molecule has 0 aliphatic carbocycles. The molecule has 0 radical (unpaired) electrons. The summed E-state index contributed by atoms with van der Waals surface area (Å²) in [6.07, 6.45) is 2.64. The fourth-order valence-electron chi connectivity index (χ4n) is 2.18. The average Bonchev–Trinajstić information content (AvgIpc) is 2.89. The van der Waals surface area contributed by atoms with Crippen molar-refractivity contribution in [1.29, 1.82) is 0 Å². The van der Waals surface area contributed by atoms with E-state index in [0.717, 1.165) is 38.7 Å². The molecule has 0 aromatic heterocycles. The Morgan fingerprint density at radius 1 is 1.18 bits per heavy atom. The fourth-order valence-corrected chi connectivity index (χ4v) is 2.95. The number of likely N-dealkylation sites (tertiary alicyclic amines) is 1. The molecular formula is C12H23N3OS. The lowest BCUT2D eigenvalue weighted by molar-refractivity contribution is 0.0393. The van der Waals surface area contributed by atoms with Gasteiger partial charge in [-0.25, -0.2) is 4.99 Å². The predicted molar refractivity (Wildman–Crippen MR) is 73.6 cm³/mol. The quantitative estimate of drug-likeness (QED) is 0.565. The third kappa shape index (κ3) is 4.16. The van der Waals surface area contributed by atoms with Gasteiger partial charge in [0.2, 0.25) is 0 Å². The zero-order chi connectivity index (χ0) is 11.9. The monoisotopic (exact) mass is 257 g/mol. The van der Waals surface area contributed by atoms with Crippen LogP contribution in [0.5, 0.6) is 0 Å². The van der Waals surface area contributed by atoms with E-state index in [9.17, 15) is 0 Å². The first kappa shape index (κ1) is 13.2. The first-order valence-corrected chi connectivity index (χ1v) is 7.61. The highest BCUT2D eigenvalue weighted by Crippen LogP contribution is 2.16. The maximum Gasteiger partial charge on any atom is 0.160 e. The molecule has 2 aliphatic heterocycles. The Morgan fingerprint density at radius 3 is 2.53 bits per heavy atom. The predicted octanol–water partition coefficient (Wildman–Crippen LogP) is 1.48. The standard InChI is InChI=1S/C12H23N3OS/c1-2-17-12(15-5-3-4-6-15)13-11-14-7-9-16-10-8-14/h2-11H2,1H3/b13-12-. The molecule has 0 amide bonds. The molecule has 98 valence electrons. The summed E-state index contributed by atoms with van der Waals surface area (Å²) in [4.78, 5) is 9.60. The normalized spacial score (nSPS) is 23.4. The van der Waals surface area contributed by atoms with Crippen molar-refractivity contribution >= 4 is 16.9 Å². The summed E-state index contributed by atoms with van der Waals surface area (Å²) >= 11 is 1.88. The number of aliphatic imine (C=N–C) groups is 1. The van der Waals surface area contributed by atoms with E-state index in [1.807, 2.05) is 11.8 Å². The van der Waals surface area contributed by atoms with Gasteiger partial charge in [0.15, 0.2) is 5.17 Å². The SMILES string of the molecule is CCS/C(=N\CN1CCOCC1)N1CCCC1. The third-order valence-corrected chi connectivity index (χ3v) is 4.09. The van der Waals surface area contributed by atoms with Gasteiger partial charge in [0.1, 0.15) is 0 Å². The van der Waals surface area contributed by atoms with E-state index in [-0.39, 0.29) is 0 Å². The molecule has 0 aromatic rings. The van der Waals surface area contributed by atoms with Crippen LogP contribution in [0.4, 0.5) is 0 Å². The van der Waals surface area contributed by atoms with Gasteiger partial charge in [0, 0.05) is 26.2 Å². The van der Waals surface area contributed by atoms with Crippen LogP contribution < -0.4 is 0 Å². The van der Waals surface area contributed by atoms with Gasteiger partial charge in [0.05, 0.1) is 19.9 Å². The summed E-state index contributed by atoms with van der Waals surface area (Å²) < 4.78 is 5.35. The Kier molecular flexibility index (Phi) is 5.61. The first-order valence-electron chi connectivity index (χ1n) is 6.62. The number of hydrogen-bond donors (Lipinski definition) is 0. The van der Waals surface area contributed by atoms with Crippen molar-refractivity contribution in [3.8, 4) is 0 Å². The molecule has 0 N–H and O–H groups in total. The van der Waals surface area contributed by atoms with E-state index in [2.05, 4.69) is 16.7 Å². The second-order valence-electron chi connectivity index (χ2n) is 4.44. The van der Waals surface area contributed by atoms with Crippen LogP contribution in [0.15, 0.2) is 4.99 Å². The molecule has 0 saturated carbocycles. The zero-order valence-electron chi connectivity index (χ0n) is 10.7. The van der Waals surface area contributed by atoms with Gasteiger partial charge in [-0.15, -0.1) is 0 Å². The number of ether oxygens (including phenoxy) is 1. The molecule has 2 saturated heterocycles. The molecule has 5 heteroatoms. The molecule has 0 atom stereocenters. The maximum absolute atomic E-state index is 5.35. The summed E-state index contributed by atoms with van der Waals surface area (Å²) in [7, 11) is 0. The van der Waals surface area contributed by atoms with E-state index in [4.69, 9.17) is 9.73 Å². The van der Waals surface area contributed by atoms with Crippen molar-refractivity contribution < 1.29 is 4.74 Å². The molecular weight excluding hydrogens is 234 g/mol. The lowest BCUT2D eigenvalue weighted by Crippen LogP contribution is -2.37. The zero-order valence-corrected chi connectivity index (χ0v) is 11.5. The van der Waals surface area contributed by atoms with Crippen LogP contribution >= 0.6 is 11.8 Å². The lowest BCUT2D eigenvalue weighted by Gasteiger charge is -2.26. The van der Waals surface area contributed by atoms with Crippen molar-refractivity contribution in [1.82, 2.24) is 9.80 Å². The van der Waals surface area contributed by atoms with Crippen molar-refractivity contribution in [2.45, 2.75) is 19.8 Å². The minimum atomic E-state index is 0.836. The summed E-state index contributed by atoms with van der Waals surface area (Å²) in [5, 5.41) is 1.25. The molecule has 0 bridgehead atoms. The molecule has 0 aromatic carbocycles. The minimum absolute atomic E-state index is 0.836. The Hall–Kier alpha value is -0.260. The third-order valence-electron chi connectivity index (χ3n) is 3.16. The number of morpholine rings is 1. The number of rotatable bonds is 3. The summed E-state index contributed by atoms with van der Waals surface area (Å²) in [5.74, 6) is 1.11. The second kappa shape index (κ2) is 7.24. The van der Waals surface area contributed by atoms with E-state index in [1.54, 1.807) is 0 Å². The largest absolute Gasteiger partial charge is 0.379 e. The van der Waals surface area contributed by atoms with E-state index in [0.29, 0.717) is 0 Å². The second-order valence-corrected chi connectivity index (χ2v) is 5.67. The molecule has 2 aliphatic rings. The van der Waals surface area contributed by atoms with Crippen LogP contribution in [0.25, 0.3) is 0 Å². The summed E-state index contributed by atoms with van der Waals surface area (Å²) in [6, 6.07) is 0. The maximum atomic E-state index is 5.35. The Morgan fingerprint density at radius 2 is 1.88 bits per heavy atom. The molecule has 4 nitrogen and oxygen atoms in total. The van der Waals surface area contributed by atoms with Gasteiger partial charge < -0.3 is 9.64 Å². The number of hydrogen-bond acceptors (Lipinski definition) is 4. The van der Waals surface area contributed by atoms with Crippen LogP contribution in [0.1, 0.15) is 19.8 Å². The van der Waals surface area contributed by atoms with Gasteiger partial charge in [-0.2, -0.15) is 0 Å². The highest BCUT2D eigenvalue weighted by molar-refractivity contribution is 8.13.